The van der Waals surface area contributed by atoms with Gasteiger partial charge in [0.2, 0.25) is 0 Å². The lowest BCUT2D eigenvalue weighted by atomic mass is 9.98. The fourth-order valence-corrected chi connectivity index (χ4v) is 5.06. The van der Waals surface area contributed by atoms with E-state index in [1.165, 1.54) is 4.70 Å². The van der Waals surface area contributed by atoms with Crippen molar-refractivity contribution in [2.45, 2.75) is 31.3 Å². The molecule has 2 aliphatic heterocycles. The first-order valence-corrected chi connectivity index (χ1v) is 9.98. The number of rotatable bonds is 2. The molecule has 1 saturated heterocycles. The number of piperidine rings is 1. The first-order valence-electron chi connectivity index (χ1n) is 9.17. The number of nitrogens with zero attached hydrogens (tertiary/aromatic N) is 2. The molecule has 0 bridgehead atoms. The summed E-state index contributed by atoms with van der Waals surface area (Å²) in [5.74, 6) is 1.30. The first kappa shape index (κ1) is 15.8. The van der Waals surface area contributed by atoms with Gasteiger partial charge in [-0.1, -0.05) is 30.3 Å². The van der Waals surface area contributed by atoms with Gasteiger partial charge in [-0.15, -0.1) is 11.3 Å². The summed E-state index contributed by atoms with van der Waals surface area (Å²) in [7, 11) is 0. The molecule has 0 N–H and O–H groups in total. The number of hydrogen-bond acceptors (Lipinski definition) is 4. The number of likely N-dealkylation sites (tertiary alicyclic amines) is 1. The second kappa shape index (κ2) is 6.40. The molecule has 0 aliphatic carbocycles. The van der Waals surface area contributed by atoms with E-state index in [0.717, 1.165) is 47.8 Å². The van der Waals surface area contributed by atoms with Gasteiger partial charge >= 0.3 is 0 Å². The SMILES string of the molecule is O=C([C@@H]1Cc2ccccc2O1)N1CCC[C@H](c2nc3ccccc3s2)C1. The molecule has 5 rings (SSSR count). The van der Waals surface area contributed by atoms with Crippen LogP contribution in [0.4, 0.5) is 0 Å². The molecule has 3 heterocycles. The third-order valence-corrected chi connectivity index (χ3v) is 6.51. The molecule has 2 aliphatic rings. The normalized spacial score (nSPS) is 22.2. The number of para-hydroxylation sites is 2. The highest BCUT2D eigenvalue weighted by atomic mass is 32.1. The summed E-state index contributed by atoms with van der Waals surface area (Å²) in [6, 6.07) is 16.2. The number of benzene rings is 2. The van der Waals surface area contributed by atoms with E-state index in [1.807, 2.05) is 35.2 Å². The van der Waals surface area contributed by atoms with Crippen molar-refractivity contribution in [1.82, 2.24) is 9.88 Å². The lowest BCUT2D eigenvalue weighted by Crippen LogP contribution is -2.45. The average Bonchev–Trinajstić information content (AvgIpc) is 3.31. The highest BCUT2D eigenvalue weighted by Gasteiger charge is 2.35. The third kappa shape index (κ3) is 2.76. The second-order valence-electron chi connectivity index (χ2n) is 7.06. The van der Waals surface area contributed by atoms with E-state index >= 15 is 0 Å². The Kier molecular flexibility index (Phi) is 3.89. The lowest BCUT2D eigenvalue weighted by molar-refractivity contribution is -0.139. The predicted octanol–water partition coefficient (Wildman–Crippen LogP) is 4.01. The van der Waals surface area contributed by atoms with Crippen molar-refractivity contribution < 1.29 is 9.53 Å². The summed E-state index contributed by atoms with van der Waals surface area (Å²) < 4.78 is 7.13. The molecule has 0 spiro atoms. The number of thiazole rings is 1. The summed E-state index contributed by atoms with van der Waals surface area (Å²) >= 11 is 1.76. The van der Waals surface area contributed by atoms with Crippen LogP contribution in [-0.2, 0) is 11.2 Å². The van der Waals surface area contributed by atoms with Crippen molar-refractivity contribution in [3.05, 3.63) is 59.1 Å². The fourth-order valence-electron chi connectivity index (χ4n) is 3.97. The Hall–Kier alpha value is -2.40. The Balaban J connectivity index is 1.32. The molecule has 0 unspecified atom stereocenters. The fraction of sp³-hybridized carbons (Fsp3) is 0.333. The number of hydrogen-bond donors (Lipinski definition) is 0. The predicted molar refractivity (Wildman–Crippen MR) is 103 cm³/mol. The van der Waals surface area contributed by atoms with Gasteiger partial charge in [-0.3, -0.25) is 4.79 Å². The van der Waals surface area contributed by atoms with Gasteiger partial charge in [0.1, 0.15) is 5.75 Å². The highest BCUT2D eigenvalue weighted by Crippen LogP contribution is 2.34. The van der Waals surface area contributed by atoms with E-state index < -0.39 is 0 Å². The van der Waals surface area contributed by atoms with Crippen LogP contribution in [-0.4, -0.2) is 35.0 Å². The molecule has 5 heteroatoms. The topological polar surface area (TPSA) is 42.4 Å². The van der Waals surface area contributed by atoms with E-state index in [2.05, 4.69) is 18.2 Å². The Morgan fingerprint density at radius 1 is 1.15 bits per heavy atom. The van der Waals surface area contributed by atoms with Gasteiger partial charge in [-0.05, 0) is 36.6 Å². The van der Waals surface area contributed by atoms with Crippen LogP contribution < -0.4 is 4.74 Å². The van der Waals surface area contributed by atoms with Gasteiger partial charge in [0.15, 0.2) is 6.10 Å². The minimum atomic E-state index is -0.374. The van der Waals surface area contributed by atoms with E-state index in [1.54, 1.807) is 11.3 Å². The number of fused-ring (bicyclic) bond motifs is 2. The second-order valence-corrected chi connectivity index (χ2v) is 8.12. The molecular formula is C21H20N2O2S. The Morgan fingerprint density at radius 2 is 2.00 bits per heavy atom. The summed E-state index contributed by atoms with van der Waals surface area (Å²) in [4.78, 5) is 19.8. The van der Waals surface area contributed by atoms with E-state index in [-0.39, 0.29) is 12.0 Å². The van der Waals surface area contributed by atoms with Crippen molar-refractivity contribution in [2.75, 3.05) is 13.1 Å². The molecular weight excluding hydrogens is 344 g/mol. The van der Waals surface area contributed by atoms with Crippen LogP contribution in [0.15, 0.2) is 48.5 Å². The molecule has 1 aromatic heterocycles. The molecule has 1 amide bonds. The molecule has 4 nitrogen and oxygen atoms in total. The Bertz CT molecular complexity index is 909. The standard InChI is InChI=1S/C21H20N2O2S/c24-21(18-12-14-6-1-3-9-17(14)25-18)23-11-5-7-15(13-23)20-22-16-8-2-4-10-19(16)26-20/h1-4,6,8-10,15,18H,5,7,11-13H2/t15-,18-/m0/s1. The van der Waals surface area contributed by atoms with E-state index in [9.17, 15) is 4.79 Å². The summed E-state index contributed by atoms with van der Waals surface area (Å²) in [6.45, 7) is 1.56. The number of carbonyl (C=O) groups is 1. The summed E-state index contributed by atoms with van der Waals surface area (Å²) in [6.07, 6.45) is 2.42. The largest absolute Gasteiger partial charge is 0.480 e. The molecule has 26 heavy (non-hydrogen) atoms. The molecule has 3 aromatic rings. The molecule has 2 aromatic carbocycles. The summed E-state index contributed by atoms with van der Waals surface area (Å²) in [5.41, 5.74) is 2.19. The Morgan fingerprint density at radius 3 is 2.88 bits per heavy atom. The van der Waals surface area contributed by atoms with Gasteiger partial charge in [-0.2, -0.15) is 0 Å². The third-order valence-electron chi connectivity index (χ3n) is 5.32. The van der Waals surface area contributed by atoms with Crippen LogP contribution in [0.1, 0.15) is 29.3 Å². The van der Waals surface area contributed by atoms with Crippen molar-refractivity contribution >= 4 is 27.5 Å². The molecule has 132 valence electrons. The smallest absolute Gasteiger partial charge is 0.264 e. The Labute approximate surface area is 156 Å². The highest BCUT2D eigenvalue weighted by molar-refractivity contribution is 7.18. The van der Waals surface area contributed by atoms with Crippen LogP contribution in [0.25, 0.3) is 10.2 Å². The quantitative estimate of drug-likeness (QED) is 0.690. The zero-order valence-electron chi connectivity index (χ0n) is 14.4. The maximum Gasteiger partial charge on any atom is 0.264 e. The van der Waals surface area contributed by atoms with Crippen LogP contribution in [0.3, 0.4) is 0 Å². The first-order chi connectivity index (χ1) is 12.8. The molecule has 1 fully saturated rings. The van der Waals surface area contributed by atoms with E-state index in [4.69, 9.17) is 9.72 Å². The number of aromatic nitrogens is 1. The number of amides is 1. The van der Waals surface area contributed by atoms with Crippen molar-refractivity contribution in [1.29, 1.82) is 0 Å². The van der Waals surface area contributed by atoms with Gasteiger partial charge in [-0.25, -0.2) is 4.98 Å². The molecule has 2 atom stereocenters. The monoisotopic (exact) mass is 364 g/mol. The minimum absolute atomic E-state index is 0.118. The van der Waals surface area contributed by atoms with Crippen LogP contribution >= 0.6 is 11.3 Å². The number of ether oxygens (including phenoxy) is 1. The van der Waals surface area contributed by atoms with E-state index in [0.29, 0.717) is 12.3 Å². The molecule has 0 radical (unpaired) electrons. The van der Waals surface area contributed by atoms with Crippen molar-refractivity contribution in [2.24, 2.45) is 0 Å². The zero-order valence-corrected chi connectivity index (χ0v) is 15.2. The van der Waals surface area contributed by atoms with Gasteiger partial charge in [0, 0.05) is 25.4 Å². The van der Waals surface area contributed by atoms with Crippen LogP contribution in [0.2, 0.25) is 0 Å². The molecule has 0 saturated carbocycles. The van der Waals surface area contributed by atoms with Crippen molar-refractivity contribution in [3.63, 3.8) is 0 Å². The maximum absolute atomic E-state index is 13.0. The van der Waals surface area contributed by atoms with Gasteiger partial charge in [0.25, 0.3) is 5.91 Å². The zero-order chi connectivity index (χ0) is 17.5. The minimum Gasteiger partial charge on any atom is -0.480 e. The summed E-state index contributed by atoms with van der Waals surface area (Å²) in [5, 5.41) is 1.15. The van der Waals surface area contributed by atoms with Gasteiger partial charge in [0.05, 0.1) is 15.2 Å². The average molecular weight is 364 g/mol. The maximum atomic E-state index is 13.0. The van der Waals surface area contributed by atoms with Crippen LogP contribution in [0, 0.1) is 0 Å². The lowest BCUT2D eigenvalue weighted by Gasteiger charge is -2.33. The van der Waals surface area contributed by atoms with Crippen LogP contribution in [0.5, 0.6) is 5.75 Å². The van der Waals surface area contributed by atoms with Gasteiger partial charge < -0.3 is 9.64 Å². The van der Waals surface area contributed by atoms with Crippen molar-refractivity contribution in [3.8, 4) is 5.75 Å². The number of carbonyl (C=O) groups excluding carboxylic acids is 1.